The number of benzene rings is 1. The Balaban J connectivity index is 1.98. The third-order valence-electron chi connectivity index (χ3n) is 3.56. The number of nitrogens with zero attached hydrogens (tertiary/aromatic N) is 1. The number of hydrogen-bond donors (Lipinski definition) is 0. The van der Waals surface area contributed by atoms with E-state index in [0.717, 1.165) is 16.2 Å². The van der Waals surface area contributed by atoms with Crippen molar-refractivity contribution < 1.29 is 22.8 Å². The zero-order chi connectivity index (χ0) is 16.3. The van der Waals surface area contributed by atoms with E-state index in [4.69, 9.17) is 0 Å². The zero-order valence-corrected chi connectivity index (χ0v) is 12.5. The molecule has 0 spiro atoms. The van der Waals surface area contributed by atoms with Crippen molar-refractivity contribution in [3.8, 4) is 0 Å². The highest BCUT2D eigenvalue weighted by atomic mass is 19.4. The Bertz CT molecular complexity index is 562. The van der Waals surface area contributed by atoms with Gasteiger partial charge < -0.3 is 4.84 Å². The van der Waals surface area contributed by atoms with Gasteiger partial charge in [0, 0.05) is 6.54 Å². The number of alkyl halides is 3. The molecule has 0 fully saturated rings. The average molecular weight is 313 g/mol. The summed E-state index contributed by atoms with van der Waals surface area (Å²) in [5.74, 6) is -1.72. The van der Waals surface area contributed by atoms with Crippen LogP contribution in [0.3, 0.4) is 0 Å². The quantitative estimate of drug-likeness (QED) is 0.847. The van der Waals surface area contributed by atoms with E-state index < -0.39 is 12.1 Å². The second-order valence-corrected chi connectivity index (χ2v) is 5.52. The van der Waals surface area contributed by atoms with Crippen molar-refractivity contribution in [1.29, 1.82) is 0 Å². The van der Waals surface area contributed by atoms with Crippen LogP contribution >= 0.6 is 0 Å². The molecule has 1 aliphatic rings. The standard InChI is InChI=1S/C16H18F3NO2/c1-11(2)12-3-5-13(6-4-12)14-7-9-20(10-8-14)22-15(21)16(17,18)19/h3-7,11H,8-10H2,1-2H3. The van der Waals surface area contributed by atoms with Crippen LogP contribution in [0.1, 0.15) is 37.3 Å². The monoisotopic (exact) mass is 313 g/mol. The Morgan fingerprint density at radius 1 is 1.23 bits per heavy atom. The normalized spacial score (nSPS) is 16.5. The summed E-state index contributed by atoms with van der Waals surface area (Å²) in [6.07, 6.45) is -2.64. The van der Waals surface area contributed by atoms with Crippen LogP contribution in [0, 0.1) is 0 Å². The van der Waals surface area contributed by atoms with Crippen LogP contribution in [-0.4, -0.2) is 30.3 Å². The minimum absolute atomic E-state index is 0.156. The van der Waals surface area contributed by atoms with Crippen LogP contribution in [0.2, 0.25) is 0 Å². The lowest BCUT2D eigenvalue weighted by atomic mass is 9.96. The number of carbonyl (C=O) groups is 1. The molecule has 0 saturated carbocycles. The van der Waals surface area contributed by atoms with Crippen molar-refractivity contribution in [3.63, 3.8) is 0 Å². The molecule has 3 nitrogen and oxygen atoms in total. The van der Waals surface area contributed by atoms with Gasteiger partial charge in [0.25, 0.3) is 0 Å². The second kappa shape index (κ2) is 6.52. The molecule has 0 saturated heterocycles. The fourth-order valence-electron chi connectivity index (χ4n) is 2.25. The van der Waals surface area contributed by atoms with Gasteiger partial charge >= 0.3 is 12.1 Å². The van der Waals surface area contributed by atoms with Gasteiger partial charge in [-0.05, 0) is 29.0 Å². The van der Waals surface area contributed by atoms with Gasteiger partial charge in [-0.25, -0.2) is 4.79 Å². The number of carbonyl (C=O) groups excluding carboxylic acids is 1. The summed E-state index contributed by atoms with van der Waals surface area (Å²) in [5.41, 5.74) is 3.33. The number of rotatable bonds is 3. The molecular weight excluding hydrogens is 295 g/mol. The van der Waals surface area contributed by atoms with Crippen LogP contribution in [0.5, 0.6) is 0 Å². The number of hydrogen-bond acceptors (Lipinski definition) is 3. The molecule has 6 heteroatoms. The van der Waals surface area contributed by atoms with Crippen LogP contribution in [0.4, 0.5) is 13.2 Å². The Hall–Kier alpha value is -1.82. The van der Waals surface area contributed by atoms with Crippen molar-refractivity contribution >= 4 is 11.5 Å². The topological polar surface area (TPSA) is 29.5 Å². The minimum Gasteiger partial charge on any atom is -0.360 e. The fourth-order valence-corrected chi connectivity index (χ4v) is 2.25. The fraction of sp³-hybridized carbons (Fsp3) is 0.438. The molecule has 22 heavy (non-hydrogen) atoms. The second-order valence-electron chi connectivity index (χ2n) is 5.52. The first-order valence-electron chi connectivity index (χ1n) is 7.11. The Labute approximate surface area is 127 Å². The van der Waals surface area contributed by atoms with Crippen molar-refractivity contribution in [2.45, 2.75) is 32.4 Å². The summed E-state index contributed by atoms with van der Waals surface area (Å²) in [6.45, 7) is 4.63. The maximum Gasteiger partial charge on any atom is 0.492 e. The van der Waals surface area contributed by atoms with Crippen molar-refractivity contribution in [2.24, 2.45) is 0 Å². The van der Waals surface area contributed by atoms with Gasteiger partial charge in [-0.1, -0.05) is 44.2 Å². The Morgan fingerprint density at radius 2 is 1.86 bits per heavy atom. The molecule has 120 valence electrons. The zero-order valence-electron chi connectivity index (χ0n) is 12.5. The van der Waals surface area contributed by atoms with Crippen LogP contribution in [0.25, 0.3) is 5.57 Å². The predicted octanol–water partition coefficient (Wildman–Crippen LogP) is 3.92. The highest BCUT2D eigenvalue weighted by Crippen LogP contribution is 2.25. The molecule has 0 unspecified atom stereocenters. The highest BCUT2D eigenvalue weighted by molar-refractivity contribution is 5.75. The van der Waals surface area contributed by atoms with E-state index in [1.807, 2.05) is 12.1 Å². The number of halogens is 3. The van der Waals surface area contributed by atoms with Gasteiger partial charge in [0.1, 0.15) is 0 Å². The summed E-state index contributed by atoms with van der Waals surface area (Å²) in [5, 5.41) is 1.03. The van der Waals surface area contributed by atoms with E-state index in [1.165, 1.54) is 5.56 Å². The van der Waals surface area contributed by atoms with Crippen LogP contribution in [0.15, 0.2) is 30.3 Å². The predicted molar refractivity (Wildman–Crippen MR) is 76.8 cm³/mol. The summed E-state index contributed by atoms with van der Waals surface area (Å²) in [7, 11) is 0. The summed E-state index contributed by atoms with van der Waals surface area (Å²) in [4.78, 5) is 15.1. The van der Waals surface area contributed by atoms with E-state index in [2.05, 4.69) is 30.8 Å². The molecule has 1 heterocycles. The molecule has 0 aliphatic carbocycles. The largest absolute Gasteiger partial charge is 0.492 e. The highest BCUT2D eigenvalue weighted by Gasteiger charge is 2.42. The van der Waals surface area contributed by atoms with Crippen molar-refractivity contribution in [1.82, 2.24) is 5.06 Å². The molecule has 0 atom stereocenters. The van der Waals surface area contributed by atoms with Crippen molar-refractivity contribution in [3.05, 3.63) is 41.5 Å². The van der Waals surface area contributed by atoms with Gasteiger partial charge in [0.05, 0.1) is 6.54 Å². The lowest BCUT2D eigenvalue weighted by Crippen LogP contribution is -2.37. The van der Waals surface area contributed by atoms with Crippen LogP contribution in [-0.2, 0) is 9.63 Å². The van der Waals surface area contributed by atoms with E-state index in [9.17, 15) is 18.0 Å². The molecular formula is C16H18F3NO2. The first-order valence-corrected chi connectivity index (χ1v) is 7.11. The molecule has 0 radical (unpaired) electrons. The van der Waals surface area contributed by atoms with Crippen LogP contribution < -0.4 is 0 Å². The lowest BCUT2D eigenvalue weighted by Gasteiger charge is -2.25. The first kappa shape index (κ1) is 16.5. The Morgan fingerprint density at radius 3 is 2.32 bits per heavy atom. The smallest absolute Gasteiger partial charge is 0.360 e. The van der Waals surface area contributed by atoms with Gasteiger partial charge in [-0.2, -0.15) is 13.2 Å². The summed E-state index contributed by atoms with van der Waals surface area (Å²) in [6, 6.07) is 8.13. The third-order valence-corrected chi connectivity index (χ3v) is 3.56. The SMILES string of the molecule is CC(C)c1ccc(C2=CCN(OC(=O)C(F)(F)F)CC2)cc1. The van der Waals surface area contributed by atoms with Gasteiger partial charge in [-0.3, -0.25) is 0 Å². The van der Waals surface area contributed by atoms with Gasteiger partial charge in [0.2, 0.25) is 0 Å². The van der Waals surface area contributed by atoms with Crippen molar-refractivity contribution in [2.75, 3.05) is 13.1 Å². The third kappa shape index (κ3) is 4.10. The lowest BCUT2D eigenvalue weighted by molar-refractivity contribution is -0.237. The summed E-state index contributed by atoms with van der Waals surface area (Å²) < 4.78 is 36.4. The molecule has 1 aliphatic heterocycles. The first-order chi connectivity index (χ1) is 10.3. The Kier molecular flexibility index (Phi) is 4.90. The molecule has 0 N–H and O–H groups in total. The molecule has 0 bridgehead atoms. The summed E-state index contributed by atoms with van der Waals surface area (Å²) >= 11 is 0. The maximum absolute atomic E-state index is 12.1. The maximum atomic E-state index is 12.1. The van der Waals surface area contributed by atoms with Gasteiger partial charge in [-0.15, -0.1) is 5.06 Å². The van der Waals surface area contributed by atoms with E-state index >= 15 is 0 Å². The van der Waals surface area contributed by atoms with E-state index in [1.54, 1.807) is 6.08 Å². The van der Waals surface area contributed by atoms with Gasteiger partial charge in [0.15, 0.2) is 0 Å². The average Bonchev–Trinajstić information content (AvgIpc) is 2.47. The minimum atomic E-state index is -4.96. The molecule has 2 rings (SSSR count). The van der Waals surface area contributed by atoms with E-state index in [0.29, 0.717) is 12.3 Å². The molecule has 0 aromatic heterocycles. The molecule has 0 amide bonds. The molecule has 1 aromatic rings. The molecule has 1 aromatic carbocycles. The van der Waals surface area contributed by atoms with E-state index in [-0.39, 0.29) is 13.1 Å². The number of hydroxylamine groups is 2.